The van der Waals surface area contributed by atoms with Crippen molar-refractivity contribution in [1.82, 2.24) is 9.78 Å². The highest BCUT2D eigenvalue weighted by Crippen LogP contribution is 2.09. The number of aromatic nitrogens is 2. The molecule has 1 N–H and O–H groups in total. The smallest absolute Gasteiger partial charge is 0.257 e. The van der Waals surface area contributed by atoms with Gasteiger partial charge < -0.3 is 5.32 Å². The third-order valence-corrected chi connectivity index (χ3v) is 3.03. The van der Waals surface area contributed by atoms with E-state index in [0.29, 0.717) is 5.69 Å². The zero-order chi connectivity index (χ0) is 13.1. The van der Waals surface area contributed by atoms with Crippen LogP contribution in [-0.4, -0.2) is 42.7 Å². The van der Waals surface area contributed by atoms with Crippen LogP contribution in [-0.2, 0) is 16.4 Å². The normalized spacial score (nSPS) is 13.9. The molecular formula is C9H15F2N3O2S. The first kappa shape index (κ1) is 13.9. The van der Waals surface area contributed by atoms with Gasteiger partial charge in [0.15, 0.2) is 0 Å². The number of halogens is 2. The Hall–Kier alpha value is -1.18. The molecular weight excluding hydrogens is 252 g/mol. The monoisotopic (exact) mass is 267 g/mol. The van der Waals surface area contributed by atoms with Gasteiger partial charge in [-0.25, -0.2) is 17.2 Å². The van der Waals surface area contributed by atoms with Crippen molar-refractivity contribution in [1.29, 1.82) is 0 Å². The summed E-state index contributed by atoms with van der Waals surface area (Å²) in [4.78, 5) is 0. The lowest BCUT2D eigenvalue weighted by molar-refractivity contribution is 0.122. The molecule has 0 aliphatic rings. The molecule has 1 heterocycles. The van der Waals surface area contributed by atoms with E-state index in [0.717, 1.165) is 10.9 Å². The highest BCUT2D eigenvalue weighted by molar-refractivity contribution is 7.90. The molecule has 1 unspecified atom stereocenters. The second-order valence-electron chi connectivity index (χ2n) is 3.98. The molecule has 0 fully saturated rings. The van der Waals surface area contributed by atoms with Crippen molar-refractivity contribution in [2.24, 2.45) is 0 Å². The first-order chi connectivity index (χ1) is 7.76. The van der Waals surface area contributed by atoms with E-state index in [9.17, 15) is 17.2 Å². The van der Waals surface area contributed by atoms with E-state index in [1.165, 1.54) is 12.4 Å². The molecule has 0 amide bonds. The van der Waals surface area contributed by atoms with Gasteiger partial charge in [0, 0.05) is 18.5 Å². The van der Waals surface area contributed by atoms with Crippen LogP contribution in [0.3, 0.4) is 0 Å². The Morgan fingerprint density at radius 1 is 1.53 bits per heavy atom. The molecule has 98 valence electrons. The molecule has 0 bridgehead atoms. The molecule has 1 aromatic heterocycles. The van der Waals surface area contributed by atoms with Crippen molar-refractivity contribution in [3.63, 3.8) is 0 Å². The maximum atomic E-state index is 12.1. The Morgan fingerprint density at radius 3 is 2.71 bits per heavy atom. The van der Waals surface area contributed by atoms with Crippen molar-refractivity contribution < 1.29 is 17.2 Å². The minimum Gasteiger partial charge on any atom is -0.379 e. The van der Waals surface area contributed by atoms with E-state index < -0.39 is 22.8 Å². The number of nitrogens with one attached hydrogen (secondary N) is 1. The van der Waals surface area contributed by atoms with Crippen LogP contribution in [0.5, 0.6) is 0 Å². The minimum absolute atomic E-state index is 0.0208. The second-order valence-corrected chi connectivity index (χ2v) is 6.16. The zero-order valence-corrected chi connectivity index (χ0v) is 10.4. The molecule has 0 aliphatic carbocycles. The molecule has 0 aromatic carbocycles. The molecule has 17 heavy (non-hydrogen) atoms. The fraction of sp³-hybridized carbons (Fsp3) is 0.667. The Morgan fingerprint density at radius 2 is 2.18 bits per heavy atom. The lowest BCUT2D eigenvalue weighted by atomic mass is 10.4. The van der Waals surface area contributed by atoms with E-state index in [-0.39, 0.29) is 11.8 Å². The fourth-order valence-electron chi connectivity index (χ4n) is 1.46. The van der Waals surface area contributed by atoms with Gasteiger partial charge in [0.25, 0.3) is 6.43 Å². The molecule has 1 rings (SSSR count). The van der Waals surface area contributed by atoms with Crippen LogP contribution in [0.1, 0.15) is 6.92 Å². The maximum Gasteiger partial charge on any atom is 0.257 e. The van der Waals surface area contributed by atoms with E-state index in [4.69, 9.17) is 0 Å². The summed E-state index contributed by atoms with van der Waals surface area (Å²) in [7, 11) is -3.07. The van der Waals surface area contributed by atoms with Crippen molar-refractivity contribution in [3.8, 4) is 0 Å². The number of alkyl halides is 2. The molecule has 5 nitrogen and oxygen atoms in total. The molecule has 0 saturated carbocycles. The van der Waals surface area contributed by atoms with Gasteiger partial charge in [0.2, 0.25) is 0 Å². The lowest BCUT2D eigenvalue weighted by Gasteiger charge is -2.11. The largest absolute Gasteiger partial charge is 0.379 e. The van der Waals surface area contributed by atoms with Gasteiger partial charge in [0.05, 0.1) is 17.6 Å². The second kappa shape index (κ2) is 5.44. The van der Waals surface area contributed by atoms with E-state index >= 15 is 0 Å². The van der Waals surface area contributed by atoms with Gasteiger partial charge in [-0.1, -0.05) is 0 Å². The summed E-state index contributed by atoms with van der Waals surface area (Å²) in [6.45, 7) is 1.23. The van der Waals surface area contributed by atoms with Gasteiger partial charge >= 0.3 is 0 Å². The SMILES string of the molecule is CC(CS(C)(=O)=O)Nc1cnn(CC(F)F)c1. The summed E-state index contributed by atoms with van der Waals surface area (Å²) in [6.07, 6.45) is 1.49. The van der Waals surface area contributed by atoms with E-state index in [1.807, 2.05) is 0 Å². The number of sulfone groups is 1. The molecule has 1 aromatic rings. The average Bonchev–Trinajstić information content (AvgIpc) is 2.46. The van der Waals surface area contributed by atoms with Crippen LogP contribution in [0.4, 0.5) is 14.5 Å². The number of nitrogens with zero attached hydrogens (tertiary/aromatic N) is 2. The minimum atomic E-state index is -3.07. The number of hydrogen-bond donors (Lipinski definition) is 1. The van der Waals surface area contributed by atoms with Gasteiger partial charge in [-0.05, 0) is 6.92 Å². The highest BCUT2D eigenvalue weighted by Gasteiger charge is 2.11. The van der Waals surface area contributed by atoms with Crippen LogP contribution in [0.15, 0.2) is 12.4 Å². The molecule has 0 aliphatic heterocycles. The van der Waals surface area contributed by atoms with Crippen molar-refractivity contribution in [3.05, 3.63) is 12.4 Å². The van der Waals surface area contributed by atoms with Crippen LogP contribution in [0.25, 0.3) is 0 Å². The van der Waals surface area contributed by atoms with Crippen molar-refractivity contribution in [2.45, 2.75) is 25.9 Å². The highest BCUT2D eigenvalue weighted by atomic mass is 32.2. The Balaban J connectivity index is 2.54. The Bertz CT molecular complexity index is 459. The van der Waals surface area contributed by atoms with E-state index in [1.54, 1.807) is 6.92 Å². The summed E-state index contributed by atoms with van der Waals surface area (Å²) < 4.78 is 47.3. The molecule has 0 radical (unpaired) electrons. The van der Waals surface area contributed by atoms with Gasteiger partial charge in [-0.2, -0.15) is 5.10 Å². The predicted octanol–water partition coefficient (Wildman–Crippen LogP) is 0.993. The van der Waals surface area contributed by atoms with Gasteiger partial charge in [-0.3, -0.25) is 4.68 Å². The first-order valence-corrected chi connectivity index (χ1v) is 7.07. The van der Waals surface area contributed by atoms with Crippen LogP contribution in [0.2, 0.25) is 0 Å². The predicted molar refractivity (Wildman–Crippen MR) is 61.0 cm³/mol. The lowest BCUT2D eigenvalue weighted by Crippen LogP contribution is -2.24. The van der Waals surface area contributed by atoms with Crippen molar-refractivity contribution >= 4 is 15.5 Å². The average molecular weight is 267 g/mol. The Kier molecular flexibility index (Phi) is 4.44. The summed E-state index contributed by atoms with van der Waals surface area (Å²) in [5.74, 6) is -0.0208. The third-order valence-electron chi connectivity index (χ3n) is 1.92. The topological polar surface area (TPSA) is 64.0 Å². The molecule has 8 heteroatoms. The van der Waals surface area contributed by atoms with Crippen molar-refractivity contribution in [2.75, 3.05) is 17.3 Å². The summed E-state index contributed by atoms with van der Waals surface area (Å²) in [5.41, 5.74) is 0.529. The number of rotatable bonds is 6. The quantitative estimate of drug-likeness (QED) is 0.835. The van der Waals surface area contributed by atoms with E-state index in [2.05, 4.69) is 10.4 Å². The first-order valence-electron chi connectivity index (χ1n) is 5.01. The van der Waals surface area contributed by atoms with Crippen LogP contribution < -0.4 is 5.32 Å². The standard InChI is InChI=1S/C9H15F2N3O2S/c1-7(6-17(2,15)16)13-8-3-12-14(4-8)5-9(10)11/h3-4,7,9,13H,5-6H2,1-2H3. The van der Waals surface area contributed by atoms with Crippen LogP contribution in [0, 0.1) is 0 Å². The number of anilines is 1. The van der Waals surface area contributed by atoms with Crippen LogP contribution >= 0.6 is 0 Å². The molecule has 1 atom stereocenters. The Labute approximate surface area is 98.7 Å². The summed E-state index contributed by atoms with van der Waals surface area (Å²) in [5, 5.41) is 6.62. The van der Waals surface area contributed by atoms with Gasteiger partial charge in [0.1, 0.15) is 16.4 Å². The summed E-state index contributed by atoms with van der Waals surface area (Å²) in [6, 6.07) is -0.297. The fourth-order valence-corrected chi connectivity index (χ4v) is 2.45. The third kappa shape index (κ3) is 5.62. The summed E-state index contributed by atoms with van der Waals surface area (Å²) >= 11 is 0. The maximum absolute atomic E-state index is 12.1. The molecule has 0 saturated heterocycles. The molecule has 0 spiro atoms. The number of hydrogen-bond acceptors (Lipinski definition) is 4. The zero-order valence-electron chi connectivity index (χ0n) is 9.60. The van der Waals surface area contributed by atoms with Gasteiger partial charge in [-0.15, -0.1) is 0 Å².